The largest absolute Gasteiger partial charge is 0.450 e. The molecule has 0 radical (unpaired) electrons. The molecular weight excluding hydrogens is 552 g/mol. The zero-order valence-corrected chi connectivity index (χ0v) is 25.4. The van der Waals surface area contributed by atoms with Crippen LogP contribution in [-0.2, 0) is 31.5 Å². The van der Waals surface area contributed by atoms with Gasteiger partial charge >= 0.3 is 6.09 Å². The number of carbonyl (C=O) groups excluding carboxylic acids is 2. The third-order valence-corrected chi connectivity index (χ3v) is 11.8. The fraction of sp³-hybridized carbons (Fsp3) is 0.562. The van der Waals surface area contributed by atoms with Gasteiger partial charge in [0.1, 0.15) is 0 Å². The van der Waals surface area contributed by atoms with Crippen LogP contribution >= 0.6 is 0 Å². The molecule has 9 nitrogen and oxygen atoms in total. The molecule has 4 aliphatic heterocycles. The van der Waals surface area contributed by atoms with Gasteiger partial charge in [0.2, 0.25) is 15.9 Å². The molecule has 0 saturated carbocycles. The van der Waals surface area contributed by atoms with Gasteiger partial charge in [-0.05, 0) is 100 Å². The number of anilines is 1. The Bertz CT molecular complexity index is 1420. The second kappa shape index (κ2) is 11.6. The lowest BCUT2D eigenvalue weighted by Gasteiger charge is -2.49. The number of benzene rings is 2. The number of likely N-dealkylation sites (tertiary alicyclic amines) is 1. The molecule has 3 saturated heterocycles. The van der Waals surface area contributed by atoms with E-state index in [0.29, 0.717) is 31.4 Å². The third-order valence-electron chi connectivity index (χ3n) is 9.97. The molecule has 226 valence electrons. The summed E-state index contributed by atoms with van der Waals surface area (Å²) in [6, 6.07) is 15.7. The van der Waals surface area contributed by atoms with E-state index in [-0.39, 0.29) is 34.4 Å². The predicted octanol–water partition coefficient (Wildman–Crippen LogP) is 4.73. The molecular formula is C32H42N4O5S. The van der Waals surface area contributed by atoms with Gasteiger partial charge in [-0.1, -0.05) is 24.3 Å². The van der Waals surface area contributed by atoms with Crippen molar-refractivity contribution >= 4 is 27.7 Å². The molecule has 0 aliphatic carbocycles. The number of fused-ring (bicyclic) bond motifs is 4. The molecule has 2 amide bonds. The van der Waals surface area contributed by atoms with E-state index >= 15 is 0 Å². The standard InChI is InChI=1S/C32H42N4O5S/c1-3-41-31(38)36-26-10-12-27(20-28(36)13-11-26)34-18-16-32(17-19-34)22-35(21-24-6-4-5-7-30(24)32)42(39,40)29-14-8-25(9-15-29)33-23(2)37/h4-9,14-15,26-28H,3,10-13,16-22H2,1-2H3,(H,33,37). The second-order valence-corrected chi connectivity index (χ2v) is 14.3. The van der Waals surface area contributed by atoms with E-state index in [1.807, 2.05) is 17.9 Å². The molecule has 3 atom stereocenters. The van der Waals surface area contributed by atoms with Crippen molar-refractivity contribution in [1.29, 1.82) is 0 Å². The van der Waals surface area contributed by atoms with Crippen molar-refractivity contribution in [1.82, 2.24) is 14.1 Å². The molecule has 4 heterocycles. The van der Waals surface area contributed by atoms with Crippen molar-refractivity contribution < 1.29 is 22.7 Å². The summed E-state index contributed by atoms with van der Waals surface area (Å²) in [6.07, 6.45) is 6.81. The molecule has 0 aromatic heterocycles. The van der Waals surface area contributed by atoms with Crippen molar-refractivity contribution in [3.8, 4) is 0 Å². The van der Waals surface area contributed by atoms with Crippen LogP contribution in [0.5, 0.6) is 0 Å². The number of carbonyl (C=O) groups is 2. The number of nitrogens with zero attached hydrogens (tertiary/aromatic N) is 3. The Morgan fingerprint density at radius 2 is 1.62 bits per heavy atom. The van der Waals surface area contributed by atoms with Crippen molar-refractivity contribution in [3.63, 3.8) is 0 Å². The SMILES string of the molecule is CCOC(=O)N1C2CCC(N3CCC4(CC3)CN(S(=O)(=O)c3ccc(NC(C)=O)cc3)Cc3ccccc34)CC1CC2. The fourth-order valence-corrected chi connectivity index (χ4v) is 9.45. The topological polar surface area (TPSA) is 99.3 Å². The van der Waals surface area contributed by atoms with Gasteiger partial charge in [0.15, 0.2) is 0 Å². The maximum Gasteiger partial charge on any atom is 0.410 e. The summed E-state index contributed by atoms with van der Waals surface area (Å²) in [5.74, 6) is -0.195. The van der Waals surface area contributed by atoms with Crippen LogP contribution in [0.2, 0.25) is 0 Å². The number of hydrogen-bond donors (Lipinski definition) is 1. The number of hydrogen-bond acceptors (Lipinski definition) is 6. The highest BCUT2D eigenvalue weighted by Crippen LogP contribution is 2.45. The maximum atomic E-state index is 13.9. The summed E-state index contributed by atoms with van der Waals surface area (Å²) in [6.45, 7) is 6.34. The molecule has 42 heavy (non-hydrogen) atoms. The summed E-state index contributed by atoms with van der Waals surface area (Å²) < 4.78 is 34.8. The Balaban J connectivity index is 1.19. The summed E-state index contributed by atoms with van der Waals surface area (Å²) in [5.41, 5.74) is 2.69. The Morgan fingerprint density at radius 1 is 0.952 bits per heavy atom. The van der Waals surface area contributed by atoms with E-state index in [1.54, 1.807) is 28.6 Å². The lowest BCUT2D eigenvalue weighted by atomic mass is 9.69. The van der Waals surface area contributed by atoms with Crippen LogP contribution in [0, 0.1) is 0 Å². The smallest absolute Gasteiger partial charge is 0.410 e. The summed E-state index contributed by atoms with van der Waals surface area (Å²) in [7, 11) is -3.73. The van der Waals surface area contributed by atoms with Crippen molar-refractivity contribution in [2.75, 3.05) is 31.6 Å². The molecule has 2 aromatic rings. The zero-order valence-electron chi connectivity index (χ0n) is 24.6. The highest BCUT2D eigenvalue weighted by molar-refractivity contribution is 7.89. The normalized spacial score (nSPS) is 26.0. The average Bonchev–Trinajstić information content (AvgIpc) is 3.27. The number of ether oxygens (including phenoxy) is 1. The third kappa shape index (κ3) is 5.44. The van der Waals surface area contributed by atoms with Crippen molar-refractivity contribution in [3.05, 3.63) is 59.7 Å². The molecule has 6 rings (SSSR count). The molecule has 4 aliphatic rings. The van der Waals surface area contributed by atoms with Gasteiger partial charge in [0.05, 0.1) is 11.5 Å². The zero-order chi connectivity index (χ0) is 29.5. The minimum atomic E-state index is -3.73. The molecule has 1 N–H and O–H groups in total. The maximum absolute atomic E-state index is 13.9. The number of amides is 2. The Kier molecular flexibility index (Phi) is 8.06. The van der Waals surface area contributed by atoms with Crippen LogP contribution < -0.4 is 5.32 Å². The van der Waals surface area contributed by atoms with E-state index in [2.05, 4.69) is 28.4 Å². The van der Waals surface area contributed by atoms with Gasteiger partial charge in [-0.2, -0.15) is 4.31 Å². The summed E-state index contributed by atoms with van der Waals surface area (Å²) >= 11 is 0. The first kappa shape index (κ1) is 29.1. The minimum absolute atomic E-state index is 0.159. The summed E-state index contributed by atoms with van der Waals surface area (Å²) in [4.78, 5) is 29.0. The van der Waals surface area contributed by atoms with Gasteiger partial charge in [-0.3, -0.25) is 4.79 Å². The highest BCUT2D eigenvalue weighted by Gasteiger charge is 2.47. The molecule has 2 bridgehead atoms. The van der Waals surface area contributed by atoms with Crippen LogP contribution in [0.25, 0.3) is 0 Å². The van der Waals surface area contributed by atoms with E-state index in [4.69, 9.17) is 4.74 Å². The Hall–Kier alpha value is -2.95. The lowest BCUT2D eigenvalue weighted by molar-refractivity contribution is -0.114. The number of sulfonamides is 1. The van der Waals surface area contributed by atoms with Gasteiger partial charge < -0.3 is 19.9 Å². The first-order chi connectivity index (χ1) is 20.2. The van der Waals surface area contributed by atoms with Gasteiger partial charge in [-0.25, -0.2) is 13.2 Å². The molecule has 3 fully saturated rings. The molecule has 10 heteroatoms. The van der Waals surface area contributed by atoms with Crippen LogP contribution in [0.4, 0.5) is 10.5 Å². The number of rotatable bonds is 5. The Labute approximate surface area is 249 Å². The highest BCUT2D eigenvalue weighted by atomic mass is 32.2. The average molecular weight is 595 g/mol. The Morgan fingerprint density at radius 3 is 2.31 bits per heavy atom. The first-order valence-electron chi connectivity index (χ1n) is 15.4. The van der Waals surface area contributed by atoms with E-state index in [1.165, 1.54) is 12.5 Å². The van der Waals surface area contributed by atoms with Gasteiger partial charge in [0.25, 0.3) is 0 Å². The monoisotopic (exact) mass is 594 g/mol. The van der Waals surface area contributed by atoms with Crippen LogP contribution in [0.3, 0.4) is 0 Å². The van der Waals surface area contributed by atoms with Crippen LogP contribution in [0.1, 0.15) is 69.9 Å². The fourth-order valence-electron chi connectivity index (χ4n) is 7.94. The predicted molar refractivity (Wildman–Crippen MR) is 161 cm³/mol. The molecule has 3 unspecified atom stereocenters. The van der Waals surface area contributed by atoms with E-state index in [0.717, 1.165) is 63.6 Å². The van der Waals surface area contributed by atoms with E-state index in [9.17, 15) is 18.0 Å². The summed E-state index contributed by atoms with van der Waals surface area (Å²) in [5, 5.41) is 2.70. The quantitative estimate of drug-likeness (QED) is 0.538. The van der Waals surface area contributed by atoms with Crippen LogP contribution in [-0.4, -0.2) is 78.9 Å². The van der Waals surface area contributed by atoms with Gasteiger partial charge in [-0.15, -0.1) is 0 Å². The number of piperidine rings is 1. The lowest BCUT2D eigenvalue weighted by Crippen LogP contribution is -2.55. The number of nitrogens with one attached hydrogen (secondary N) is 1. The molecule has 1 spiro atoms. The van der Waals surface area contributed by atoms with Gasteiger partial charge in [0, 0.05) is 49.2 Å². The van der Waals surface area contributed by atoms with Crippen molar-refractivity contribution in [2.24, 2.45) is 0 Å². The minimum Gasteiger partial charge on any atom is -0.450 e. The van der Waals surface area contributed by atoms with Crippen LogP contribution in [0.15, 0.2) is 53.4 Å². The van der Waals surface area contributed by atoms with Crippen molar-refractivity contribution in [2.45, 2.75) is 93.8 Å². The van der Waals surface area contributed by atoms with E-state index < -0.39 is 10.0 Å². The second-order valence-electron chi connectivity index (χ2n) is 12.4. The first-order valence-corrected chi connectivity index (χ1v) is 16.8. The molecule has 2 aromatic carbocycles.